The van der Waals surface area contributed by atoms with Crippen LogP contribution >= 0.6 is 0 Å². The largest absolute Gasteiger partial charge is 0.481 e. The summed E-state index contributed by atoms with van der Waals surface area (Å²) in [5.41, 5.74) is 5.68. The monoisotopic (exact) mass is 287 g/mol. The van der Waals surface area contributed by atoms with E-state index in [4.69, 9.17) is 10.8 Å². The third-order valence-electron chi connectivity index (χ3n) is 3.75. The van der Waals surface area contributed by atoms with Crippen LogP contribution in [-0.2, 0) is 9.59 Å². The minimum atomic E-state index is -0.934. The molecule has 0 aliphatic carbocycles. The Bertz CT molecular complexity index is 304. The lowest BCUT2D eigenvalue weighted by Crippen LogP contribution is -2.48. The molecule has 0 bridgehead atoms. The van der Waals surface area contributed by atoms with Crippen molar-refractivity contribution in [2.75, 3.05) is 20.6 Å². The fourth-order valence-electron chi connectivity index (χ4n) is 2.35. The minimum absolute atomic E-state index is 0.0851. The maximum atomic E-state index is 11.8. The van der Waals surface area contributed by atoms with E-state index >= 15 is 0 Å². The average molecular weight is 287 g/mol. The Hall–Kier alpha value is -1.14. The molecular weight excluding hydrogens is 258 g/mol. The van der Waals surface area contributed by atoms with Crippen molar-refractivity contribution in [1.82, 2.24) is 10.2 Å². The Balaban J connectivity index is 4.33. The summed E-state index contributed by atoms with van der Waals surface area (Å²) in [5, 5.41) is 11.4. The second-order valence-corrected chi connectivity index (χ2v) is 5.39. The van der Waals surface area contributed by atoms with Crippen molar-refractivity contribution in [2.24, 2.45) is 11.7 Å². The van der Waals surface area contributed by atoms with Crippen LogP contribution in [0, 0.1) is 5.92 Å². The van der Waals surface area contributed by atoms with Crippen molar-refractivity contribution in [2.45, 2.75) is 51.6 Å². The molecule has 0 aromatic rings. The van der Waals surface area contributed by atoms with E-state index in [0.29, 0.717) is 12.5 Å². The van der Waals surface area contributed by atoms with Crippen LogP contribution in [0.5, 0.6) is 0 Å². The van der Waals surface area contributed by atoms with Crippen LogP contribution in [-0.4, -0.2) is 54.6 Å². The molecule has 0 aromatic heterocycles. The maximum Gasteiger partial charge on any atom is 0.303 e. The summed E-state index contributed by atoms with van der Waals surface area (Å²) in [7, 11) is 4.00. The molecule has 0 saturated heterocycles. The first kappa shape index (κ1) is 18.9. The third kappa shape index (κ3) is 6.86. The number of carboxylic acids is 1. The number of aliphatic carboxylic acids is 1. The van der Waals surface area contributed by atoms with Crippen molar-refractivity contribution in [3.05, 3.63) is 0 Å². The van der Waals surface area contributed by atoms with Crippen LogP contribution in [0.25, 0.3) is 0 Å². The lowest BCUT2D eigenvalue weighted by atomic mass is 9.93. The first-order chi connectivity index (χ1) is 9.33. The smallest absolute Gasteiger partial charge is 0.303 e. The minimum Gasteiger partial charge on any atom is -0.481 e. The van der Waals surface area contributed by atoms with Crippen molar-refractivity contribution >= 4 is 11.9 Å². The number of likely N-dealkylation sites (N-methyl/N-ethyl adjacent to an activating group) is 1. The summed E-state index contributed by atoms with van der Waals surface area (Å²) in [6.07, 6.45) is 2.19. The first-order valence-corrected chi connectivity index (χ1v) is 7.24. The van der Waals surface area contributed by atoms with Crippen LogP contribution < -0.4 is 11.1 Å². The zero-order valence-corrected chi connectivity index (χ0v) is 13.1. The van der Waals surface area contributed by atoms with Gasteiger partial charge in [-0.3, -0.25) is 9.59 Å². The fourth-order valence-corrected chi connectivity index (χ4v) is 2.35. The van der Waals surface area contributed by atoms with E-state index in [9.17, 15) is 9.59 Å². The lowest BCUT2D eigenvalue weighted by molar-refractivity contribution is -0.137. The molecule has 2 atom stereocenters. The molecule has 0 radical (unpaired) electrons. The van der Waals surface area contributed by atoms with E-state index in [1.54, 1.807) is 0 Å². The summed E-state index contributed by atoms with van der Waals surface area (Å²) >= 11 is 0. The summed E-state index contributed by atoms with van der Waals surface area (Å²) in [6, 6.07) is -0.490. The number of carbonyl (C=O) groups is 2. The van der Waals surface area contributed by atoms with E-state index in [1.807, 2.05) is 14.1 Å². The molecule has 20 heavy (non-hydrogen) atoms. The lowest BCUT2D eigenvalue weighted by Gasteiger charge is -2.31. The van der Waals surface area contributed by atoms with Gasteiger partial charge in [-0.15, -0.1) is 0 Å². The number of carbonyl (C=O) groups excluding carboxylic acids is 1. The van der Waals surface area contributed by atoms with Crippen molar-refractivity contribution in [3.63, 3.8) is 0 Å². The highest BCUT2D eigenvalue weighted by molar-refractivity contribution is 5.82. The Kier molecular flexibility index (Phi) is 9.16. The summed E-state index contributed by atoms with van der Waals surface area (Å²) < 4.78 is 0. The molecule has 0 rings (SSSR count). The highest BCUT2D eigenvalue weighted by Crippen LogP contribution is 2.16. The molecule has 0 aliphatic heterocycles. The Morgan fingerprint density at radius 1 is 1.25 bits per heavy atom. The molecule has 0 fully saturated rings. The van der Waals surface area contributed by atoms with Gasteiger partial charge in [-0.05, 0) is 26.4 Å². The van der Waals surface area contributed by atoms with E-state index in [2.05, 4.69) is 24.1 Å². The Morgan fingerprint density at radius 3 is 2.20 bits per heavy atom. The molecule has 0 spiro atoms. The normalized spacial score (nSPS) is 14.3. The molecular formula is C14H29N3O3. The zero-order valence-electron chi connectivity index (χ0n) is 13.1. The quantitative estimate of drug-likeness (QED) is 0.548. The summed E-state index contributed by atoms with van der Waals surface area (Å²) in [6.45, 7) is 4.83. The van der Waals surface area contributed by atoms with Gasteiger partial charge in [-0.1, -0.05) is 26.7 Å². The van der Waals surface area contributed by atoms with Crippen LogP contribution in [0.3, 0.4) is 0 Å². The van der Waals surface area contributed by atoms with Gasteiger partial charge in [-0.25, -0.2) is 0 Å². The number of nitrogens with one attached hydrogen (secondary N) is 1. The molecule has 118 valence electrons. The number of hydrogen-bond acceptors (Lipinski definition) is 4. The van der Waals surface area contributed by atoms with E-state index < -0.39 is 12.0 Å². The van der Waals surface area contributed by atoms with Gasteiger partial charge in [0.15, 0.2) is 0 Å². The number of carboxylic acid groups (broad SMARTS) is 1. The molecule has 2 unspecified atom stereocenters. The van der Waals surface area contributed by atoms with E-state index in [-0.39, 0.29) is 24.8 Å². The average Bonchev–Trinajstić information content (AvgIpc) is 2.39. The second-order valence-electron chi connectivity index (χ2n) is 5.39. The van der Waals surface area contributed by atoms with Crippen LogP contribution in [0.2, 0.25) is 0 Å². The predicted molar refractivity (Wildman–Crippen MR) is 79.4 cm³/mol. The van der Waals surface area contributed by atoms with Gasteiger partial charge in [0.05, 0.1) is 6.04 Å². The molecule has 1 amide bonds. The topological polar surface area (TPSA) is 95.7 Å². The highest BCUT2D eigenvalue weighted by Gasteiger charge is 2.22. The maximum absolute atomic E-state index is 11.8. The van der Waals surface area contributed by atoms with Crippen LogP contribution in [0.15, 0.2) is 0 Å². The van der Waals surface area contributed by atoms with Gasteiger partial charge in [0.2, 0.25) is 5.91 Å². The molecule has 6 nitrogen and oxygen atoms in total. The molecule has 4 N–H and O–H groups in total. The third-order valence-corrected chi connectivity index (χ3v) is 3.75. The summed E-state index contributed by atoms with van der Waals surface area (Å²) in [5.74, 6) is -0.693. The van der Waals surface area contributed by atoms with Gasteiger partial charge in [-0.2, -0.15) is 0 Å². The van der Waals surface area contributed by atoms with E-state index in [0.717, 1.165) is 12.8 Å². The highest BCUT2D eigenvalue weighted by atomic mass is 16.4. The van der Waals surface area contributed by atoms with Gasteiger partial charge < -0.3 is 21.1 Å². The van der Waals surface area contributed by atoms with Crippen LogP contribution in [0.1, 0.15) is 39.5 Å². The van der Waals surface area contributed by atoms with E-state index in [1.165, 1.54) is 0 Å². The SMILES string of the molecule is CCC(CC)C(CNC(=O)C(N)CCC(=O)O)N(C)C. The first-order valence-electron chi connectivity index (χ1n) is 7.24. The van der Waals surface area contributed by atoms with Crippen LogP contribution in [0.4, 0.5) is 0 Å². The Morgan fingerprint density at radius 2 is 1.80 bits per heavy atom. The van der Waals surface area contributed by atoms with Crippen molar-refractivity contribution in [3.8, 4) is 0 Å². The molecule has 0 aromatic carbocycles. The van der Waals surface area contributed by atoms with Gasteiger partial charge in [0.25, 0.3) is 0 Å². The van der Waals surface area contributed by atoms with Gasteiger partial charge in [0, 0.05) is 19.0 Å². The fraction of sp³-hybridized carbons (Fsp3) is 0.857. The number of amides is 1. The molecule has 0 saturated carbocycles. The second kappa shape index (κ2) is 9.72. The summed E-state index contributed by atoms with van der Waals surface area (Å²) in [4.78, 5) is 24.4. The molecule has 6 heteroatoms. The van der Waals surface area contributed by atoms with Gasteiger partial charge in [0.1, 0.15) is 0 Å². The number of rotatable bonds is 10. The van der Waals surface area contributed by atoms with Crippen molar-refractivity contribution in [1.29, 1.82) is 0 Å². The zero-order chi connectivity index (χ0) is 15.7. The Labute approximate surface area is 121 Å². The predicted octanol–water partition coefficient (Wildman–Crippen LogP) is 0.661. The molecule has 0 aliphatic rings. The van der Waals surface area contributed by atoms with Crippen molar-refractivity contribution < 1.29 is 14.7 Å². The number of hydrogen-bond donors (Lipinski definition) is 3. The number of nitrogens with zero attached hydrogens (tertiary/aromatic N) is 1. The molecule has 0 heterocycles. The number of nitrogens with two attached hydrogens (primary N) is 1. The van der Waals surface area contributed by atoms with Gasteiger partial charge >= 0.3 is 5.97 Å². The standard InChI is InChI=1S/C14H29N3O3/c1-5-10(6-2)12(17(3)4)9-16-14(20)11(15)7-8-13(18)19/h10-12H,5-9,15H2,1-4H3,(H,16,20)(H,18,19).